The molecule has 2 saturated heterocycles. The van der Waals surface area contributed by atoms with Gasteiger partial charge in [-0.05, 0) is 68.4 Å². The third-order valence-corrected chi connectivity index (χ3v) is 8.86. The zero-order chi connectivity index (χ0) is 30.0. The molecule has 2 amide bonds. The predicted molar refractivity (Wildman–Crippen MR) is 153 cm³/mol. The quantitative estimate of drug-likeness (QED) is 0.187. The SMILES string of the molecule is O=C(O[C@@H]1CC(C(=O)N2CCC[C@@H]2C(=O)NCCO)=C[C@H]2OC(C3CC3)(C3CC3)O[C@H]21)c1cccc(C=COCCO)c1. The number of benzene rings is 1. The summed E-state index contributed by atoms with van der Waals surface area (Å²) in [5.41, 5.74) is 1.52. The van der Waals surface area contributed by atoms with Gasteiger partial charge in [0.25, 0.3) is 0 Å². The Kier molecular flexibility index (Phi) is 8.85. The van der Waals surface area contributed by atoms with Crippen molar-refractivity contribution in [3.8, 4) is 0 Å². The molecule has 0 radical (unpaired) electrons. The molecular weight excluding hydrogens is 556 g/mol. The van der Waals surface area contributed by atoms with E-state index in [1.54, 1.807) is 29.2 Å². The van der Waals surface area contributed by atoms with Crippen LogP contribution in [-0.2, 0) is 28.5 Å². The van der Waals surface area contributed by atoms with E-state index in [1.807, 2.05) is 12.1 Å². The highest BCUT2D eigenvalue weighted by molar-refractivity contribution is 5.98. The van der Waals surface area contributed by atoms with Crippen molar-refractivity contribution < 1.29 is 43.5 Å². The van der Waals surface area contributed by atoms with E-state index in [4.69, 9.17) is 29.2 Å². The highest BCUT2D eigenvalue weighted by atomic mass is 16.8. The van der Waals surface area contributed by atoms with Crippen LogP contribution < -0.4 is 5.32 Å². The highest BCUT2D eigenvalue weighted by Gasteiger charge is 2.64. The van der Waals surface area contributed by atoms with E-state index in [1.165, 1.54) is 6.26 Å². The van der Waals surface area contributed by atoms with E-state index in [0.29, 0.717) is 42.4 Å². The van der Waals surface area contributed by atoms with Gasteiger partial charge in [-0.25, -0.2) is 4.79 Å². The zero-order valence-electron chi connectivity index (χ0n) is 24.2. The zero-order valence-corrected chi connectivity index (χ0v) is 24.2. The molecule has 1 aromatic rings. The summed E-state index contributed by atoms with van der Waals surface area (Å²) in [6.45, 7) is 0.478. The molecule has 3 aliphatic carbocycles. The normalized spacial score (nSPS) is 28.0. The highest BCUT2D eigenvalue weighted by Crippen LogP contribution is 2.59. The van der Waals surface area contributed by atoms with Gasteiger partial charge in [0.05, 0.1) is 25.0 Å². The number of nitrogens with one attached hydrogen (secondary N) is 1. The van der Waals surface area contributed by atoms with Crippen molar-refractivity contribution in [2.45, 2.75) is 75.1 Å². The molecule has 232 valence electrons. The second kappa shape index (κ2) is 12.8. The number of amides is 2. The number of ether oxygens (including phenoxy) is 4. The number of hydrogen-bond donors (Lipinski definition) is 3. The van der Waals surface area contributed by atoms with Crippen LogP contribution in [0.1, 0.15) is 60.9 Å². The fraction of sp³-hybridized carbons (Fsp3) is 0.594. The maximum atomic E-state index is 13.9. The van der Waals surface area contributed by atoms with E-state index >= 15 is 0 Å². The molecule has 43 heavy (non-hydrogen) atoms. The molecule has 11 nitrogen and oxygen atoms in total. The maximum absolute atomic E-state index is 13.9. The summed E-state index contributed by atoms with van der Waals surface area (Å²) < 4.78 is 24.7. The molecule has 2 aliphatic heterocycles. The van der Waals surface area contributed by atoms with E-state index in [9.17, 15) is 14.4 Å². The fourth-order valence-corrected chi connectivity index (χ4v) is 6.55. The average Bonchev–Trinajstić information content (AvgIpc) is 3.96. The minimum absolute atomic E-state index is 0.0942. The van der Waals surface area contributed by atoms with Crippen LogP contribution in [0.4, 0.5) is 0 Å². The Balaban J connectivity index is 1.22. The Morgan fingerprint density at radius 2 is 1.86 bits per heavy atom. The Labute approximate surface area is 250 Å². The van der Waals surface area contributed by atoms with Gasteiger partial charge in [-0.1, -0.05) is 12.1 Å². The van der Waals surface area contributed by atoms with Gasteiger partial charge in [0.2, 0.25) is 11.8 Å². The largest absolute Gasteiger partial charge is 0.499 e. The van der Waals surface area contributed by atoms with Gasteiger partial charge in [0.15, 0.2) is 5.79 Å². The van der Waals surface area contributed by atoms with Crippen LogP contribution in [0.25, 0.3) is 6.08 Å². The first-order valence-electron chi connectivity index (χ1n) is 15.4. The van der Waals surface area contributed by atoms with Gasteiger partial charge in [0, 0.05) is 36.9 Å². The van der Waals surface area contributed by atoms with Gasteiger partial charge >= 0.3 is 5.97 Å². The summed E-state index contributed by atoms with van der Waals surface area (Å²) in [6, 6.07) is 6.31. The predicted octanol–water partition coefficient (Wildman–Crippen LogP) is 1.92. The number of aliphatic hydroxyl groups is 2. The van der Waals surface area contributed by atoms with Crippen LogP contribution in [0.5, 0.6) is 0 Å². The second-order valence-corrected chi connectivity index (χ2v) is 12.0. The molecular formula is C32H40N2O9. The minimum atomic E-state index is -0.753. The van der Waals surface area contributed by atoms with Gasteiger partial charge in [-0.2, -0.15) is 0 Å². The summed E-state index contributed by atoms with van der Waals surface area (Å²) in [5.74, 6) is -1.21. The Morgan fingerprint density at radius 3 is 2.58 bits per heavy atom. The molecule has 4 fully saturated rings. The van der Waals surface area contributed by atoms with Crippen molar-refractivity contribution in [3.05, 3.63) is 53.3 Å². The van der Waals surface area contributed by atoms with Crippen molar-refractivity contribution in [2.24, 2.45) is 11.8 Å². The maximum Gasteiger partial charge on any atom is 0.338 e. The molecule has 0 aromatic heterocycles. The van der Waals surface area contributed by atoms with Crippen LogP contribution in [0, 0.1) is 11.8 Å². The van der Waals surface area contributed by atoms with Crippen molar-refractivity contribution >= 4 is 23.9 Å². The van der Waals surface area contributed by atoms with Crippen molar-refractivity contribution in [2.75, 3.05) is 32.9 Å². The first-order chi connectivity index (χ1) is 20.9. The minimum Gasteiger partial charge on any atom is -0.499 e. The Morgan fingerprint density at radius 1 is 1.07 bits per heavy atom. The number of rotatable bonds is 12. The lowest BCUT2D eigenvalue weighted by atomic mass is 9.91. The monoisotopic (exact) mass is 596 g/mol. The molecule has 0 spiro atoms. The first-order valence-corrected chi connectivity index (χ1v) is 15.4. The standard InChI is InChI=1S/C32H40N2O9/c35-13-11-33-29(37)25-5-2-12-34(25)30(38)22-18-26(28-27(19-22)42-32(43-28,23-6-7-23)24-8-9-24)41-31(39)21-4-1-3-20(17-21)10-15-40-16-14-36/h1,3-4,10,15,17,19,23-28,35-36H,2,5-9,11-14,16,18H2,(H,33,37)/t25-,26-,27-,28+/m1/s1. The molecule has 3 N–H and O–H groups in total. The smallest absolute Gasteiger partial charge is 0.338 e. The van der Waals surface area contributed by atoms with Crippen LogP contribution in [-0.4, -0.2) is 95.9 Å². The van der Waals surface area contributed by atoms with Crippen LogP contribution in [0.3, 0.4) is 0 Å². The second-order valence-electron chi connectivity index (χ2n) is 12.0. The molecule has 1 aromatic carbocycles. The number of aliphatic hydroxyl groups excluding tert-OH is 2. The Bertz CT molecular complexity index is 1260. The first kappa shape index (κ1) is 29.8. The fourth-order valence-electron chi connectivity index (χ4n) is 6.55. The van der Waals surface area contributed by atoms with E-state index in [0.717, 1.165) is 31.2 Å². The average molecular weight is 597 g/mol. The summed E-state index contributed by atoms with van der Waals surface area (Å²) in [7, 11) is 0. The Hall–Kier alpha value is -3.25. The number of carbonyl (C=O) groups excluding carboxylic acids is 3. The molecule has 6 rings (SSSR count). The number of nitrogens with zero attached hydrogens (tertiary/aromatic N) is 1. The molecule has 4 atom stereocenters. The molecule has 0 bridgehead atoms. The molecule has 5 aliphatic rings. The van der Waals surface area contributed by atoms with Gasteiger partial charge in [-0.3, -0.25) is 9.59 Å². The van der Waals surface area contributed by atoms with E-state index in [2.05, 4.69) is 5.32 Å². The summed E-state index contributed by atoms with van der Waals surface area (Å²) >= 11 is 0. The van der Waals surface area contributed by atoms with Gasteiger partial charge in [0.1, 0.15) is 31.0 Å². The summed E-state index contributed by atoms with van der Waals surface area (Å²) in [5, 5.41) is 20.7. The summed E-state index contributed by atoms with van der Waals surface area (Å²) in [6.07, 6.45) is 8.62. The van der Waals surface area contributed by atoms with E-state index < -0.39 is 36.1 Å². The third kappa shape index (κ3) is 6.35. The number of hydrogen-bond acceptors (Lipinski definition) is 9. The van der Waals surface area contributed by atoms with Crippen LogP contribution >= 0.6 is 0 Å². The molecule has 2 heterocycles. The number of esters is 1. The molecule has 0 unspecified atom stereocenters. The van der Waals surface area contributed by atoms with E-state index in [-0.39, 0.29) is 44.6 Å². The number of carbonyl (C=O) groups is 3. The van der Waals surface area contributed by atoms with Crippen molar-refractivity contribution in [3.63, 3.8) is 0 Å². The topological polar surface area (TPSA) is 144 Å². The third-order valence-electron chi connectivity index (χ3n) is 8.86. The molecule has 2 saturated carbocycles. The summed E-state index contributed by atoms with van der Waals surface area (Å²) in [4.78, 5) is 41.7. The van der Waals surface area contributed by atoms with Gasteiger partial charge < -0.3 is 39.4 Å². The van der Waals surface area contributed by atoms with Gasteiger partial charge in [-0.15, -0.1) is 0 Å². The number of likely N-dealkylation sites (tertiary alicyclic amines) is 1. The lowest BCUT2D eigenvalue weighted by Crippen LogP contribution is -2.49. The lowest BCUT2D eigenvalue weighted by molar-refractivity contribution is -0.209. The molecule has 11 heteroatoms. The lowest BCUT2D eigenvalue weighted by Gasteiger charge is -2.33. The van der Waals surface area contributed by atoms with Crippen molar-refractivity contribution in [1.29, 1.82) is 0 Å². The van der Waals surface area contributed by atoms with Crippen LogP contribution in [0.2, 0.25) is 0 Å². The van der Waals surface area contributed by atoms with Crippen molar-refractivity contribution in [1.82, 2.24) is 10.2 Å². The van der Waals surface area contributed by atoms with Crippen LogP contribution in [0.15, 0.2) is 42.2 Å². The number of fused-ring (bicyclic) bond motifs is 1.